The molecule has 1 saturated carbocycles. The van der Waals surface area contributed by atoms with Crippen LogP contribution in [0, 0.1) is 5.92 Å². The van der Waals surface area contributed by atoms with Crippen LogP contribution in [-0.2, 0) is 11.2 Å². The number of carbonyl (C=O) groups excluding carboxylic acids is 1. The Kier molecular flexibility index (Phi) is 3.54. The smallest absolute Gasteiger partial charge is 0.396 e. The fraction of sp³-hybridized carbons (Fsp3) is 0.727. The zero-order chi connectivity index (χ0) is 11.4. The van der Waals surface area contributed by atoms with Crippen LogP contribution in [0.5, 0.6) is 0 Å². The molecule has 2 rings (SSSR count). The number of methoxy groups -OCH3 is 1. The minimum atomic E-state index is -0.567. The number of esters is 1. The van der Waals surface area contributed by atoms with Gasteiger partial charge in [-0.15, -0.1) is 10.2 Å². The molecule has 0 radical (unpaired) electrons. The number of ether oxygens (including phenoxy) is 1. The van der Waals surface area contributed by atoms with Crippen molar-refractivity contribution in [3.05, 3.63) is 11.8 Å². The molecule has 0 N–H and O–H groups in total. The Hall–Kier alpha value is -1.39. The van der Waals surface area contributed by atoms with Crippen molar-refractivity contribution < 1.29 is 13.9 Å². The van der Waals surface area contributed by atoms with Crippen LogP contribution in [0.15, 0.2) is 4.42 Å². The van der Waals surface area contributed by atoms with Crippen molar-refractivity contribution in [3.8, 4) is 0 Å². The van der Waals surface area contributed by atoms with E-state index < -0.39 is 5.97 Å². The van der Waals surface area contributed by atoms with Crippen molar-refractivity contribution in [3.63, 3.8) is 0 Å². The lowest BCUT2D eigenvalue weighted by molar-refractivity contribution is 0.0553. The van der Waals surface area contributed by atoms with Gasteiger partial charge in [0.1, 0.15) is 0 Å². The Morgan fingerprint density at radius 3 is 2.81 bits per heavy atom. The molecule has 1 aliphatic rings. The molecule has 1 aromatic heterocycles. The lowest BCUT2D eigenvalue weighted by Gasteiger charge is -2.19. The first-order valence-electron chi connectivity index (χ1n) is 5.70. The normalized spacial score (nSPS) is 17.3. The fourth-order valence-electron chi connectivity index (χ4n) is 2.14. The van der Waals surface area contributed by atoms with Crippen molar-refractivity contribution in [2.24, 2.45) is 5.92 Å². The van der Waals surface area contributed by atoms with Gasteiger partial charge in [0.2, 0.25) is 5.89 Å². The van der Waals surface area contributed by atoms with E-state index in [0.717, 1.165) is 6.42 Å². The third-order valence-electron chi connectivity index (χ3n) is 3.01. The molecule has 1 aliphatic carbocycles. The van der Waals surface area contributed by atoms with Crippen LogP contribution in [0.4, 0.5) is 0 Å². The number of carbonyl (C=O) groups is 1. The summed E-state index contributed by atoms with van der Waals surface area (Å²) in [7, 11) is 1.30. The van der Waals surface area contributed by atoms with Crippen molar-refractivity contribution >= 4 is 5.97 Å². The maximum absolute atomic E-state index is 11.1. The summed E-state index contributed by atoms with van der Waals surface area (Å²) in [6.07, 6.45) is 7.11. The summed E-state index contributed by atoms with van der Waals surface area (Å²) in [6.45, 7) is 0. The van der Waals surface area contributed by atoms with Crippen LogP contribution < -0.4 is 0 Å². The van der Waals surface area contributed by atoms with Gasteiger partial charge in [0, 0.05) is 6.42 Å². The summed E-state index contributed by atoms with van der Waals surface area (Å²) in [5.41, 5.74) is 0. The number of hydrogen-bond donors (Lipinski definition) is 0. The molecule has 0 spiro atoms. The molecule has 0 atom stereocenters. The maximum Gasteiger partial charge on any atom is 0.396 e. The fourth-order valence-corrected chi connectivity index (χ4v) is 2.14. The third kappa shape index (κ3) is 2.59. The van der Waals surface area contributed by atoms with Gasteiger partial charge in [-0.1, -0.05) is 19.3 Å². The Morgan fingerprint density at radius 2 is 2.12 bits per heavy atom. The summed E-state index contributed by atoms with van der Waals surface area (Å²) in [4.78, 5) is 11.1. The number of aromatic nitrogens is 2. The minimum absolute atomic E-state index is 0.0479. The summed E-state index contributed by atoms with van der Waals surface area (Å²) in [5, 5.41) is 7.52. The molecule has 0 bridgehead atoms. The second-order valence-corrected chi connectivity index (χ2v) is 4.20. The molecule has 5 heteroatoms. The zero-order valence-corrected chi connectivity index (χ0v) is 9.44. The van der Waals surface area contributed by atoms with Gasteiger partial charge in [-0.25, -0.2) is 4.79 Å². The summed E-state index contributed by atoms with van der Waals surface area (Å²) < 4.78 is 9.75. The van der Waals surface area contributed by atoms with Crippen molar-refractivity contribution in [1.29, 1.82) is 0 Å². The predicted molar refractivity (Wildman–Crippen MR) is 55.9 cm³/mol. The molecule has 88 valence electrons. The lowest BCUT2D eigenvalue weighted by atomic mass is 9.87. The summed E-state index contributed by atoms with van der Waals surface area (Å²) >= 11 is 0. The molecular weight excluding hydrogens is 208 g/mol. The molecule has 5 nitrogen and oxygen atoms in total. The van der Waals surface area contributed by atoms with E-state index in [1.807, 2.05) is 0 Å². The molecule has 0 amide bonds. The standard InChI is InChI=1S/C11H16N2O3/c1-15-11(14)10-13-12-9(16-10)7-8-5-3-2-4-6-8/h8H,2-7H2,1H3. The maximum atomic E-state index is 11.1. The van der Waals surface area contributed by atoms with Crippen LogP contribution in [0.3, 0.4) is 0 Å². The van der Waals surface area contributed by atoms with Gasteiger partial charge in [0.05, 0.1) is 7.11 Å². The van der Waals surface area contributed by atoms with Gasteiger partial charge >= 0.3 is 11.9 Å². The Bertz CT molecular complexity index is 356. The Labute approximate surface area is 94.2 Å². The predicted octanol–water partition coefficient (Wildman–Crippen LogP) is 1.98. The average Bonchev–Trinajstić information content (AvgIpc) is 2.78. The van der Waals surface area contributed by atoms with E-state index in [2.05, 4.69) is 14.9 Å². The largest absolute Gasteiger partial charge is 0.462 e. The third-order valence-corrected chi connectivity index (χ3v) is 3.01. The van der Waals surface area contributed by atoms with E-state index >= 15 is 0 Å². The monoisotopic (exact) mass is 224 g/mol. The van der Waals surface area contributed by atoms with Crippen molar-refractivity contribution in [2.75, 3.05) is 7.11 Å². The molecule has 0 saturated heterocycles. The Morgan fingerprint density at radius 1 is 1.38 bits per heavy atom. The Balaban J connectivity index is 1.94. The van der Waals surface area contributed by atoms with Crippen LogP contribution in [-0.4, -0.2) is 23.3 Å². The molecule has 1 aromatic rings. The van der Waals surface area contributed by atoms with Crippen LogP contribution >= 0.6 is 0 Å². The summed E-state index contributed by atoms with van der Waals surface area (Å²) in [5.74, 6) is 0.558. The molecule has 1 fully saturated rings. The highest BCUT2D eigenvalue weighted by atomic mass is 16.5. The highest BCUT2D eigenvalue weighted by Gasteiger charge is 2.19. The number of rotatable bonds is 3. The van der Waals surface area contributed by atoms with E-state index in [9.17, 15) is 4.79 Å². The van der Waals surface area contributed by atoms with Gasteiger partial charge in [-0.2, -0.15) is 0 Å². The number of nitrogens with zero attached hydrogens (tertiary/aromatic N) is 2. The minimum Gasteiger partial charge on any atom is -0.462 e. The quantitative estimate of drug-likeness (QED) is 0.734. The molecule has 0 unspecified atom stereocenters. The second-order valence-electron chi connectivity index (χ2n) is 4.20. The second kappa shape index (κ2) is 5.09. The van der Waals surface area contributed by atoms with E-state index in [1.54, 1.807) is 0 Å². The lowest BCUT2D eigenvalue weighted by Crippen LogP contribution is -2.09. The first kappa shape index (κ1) is 11.1. The van der Waals surface area contributed by atoms with E-state index in [4.69, 9.17) is 4.42 Å². The van der Waals surface area contributed by atoms with E-state index in [-0.39, 0.29) is 5.89 Å². The molecular formula is C11H16N2O3. The first-order chi connectivity index (χ1) is 7.79. The van der Waals surface area contributed by atoms with Crippen molar-refractivity contribution in [1.82, 2.24) is 10.2 Å². The summed E-state index contributed by atoms with van der Waals surface area (Å²) in [6, 6.07) is 0. The van der Waals surface area contributed by atoms with E-state index in [0.29, 0.717) is 11.8 Å². The topological polar surface area (TPSA) is 65.2 Å². The van der Waals surface area contributed by atoms with E-state index in [1.165, 1.54) is 39.2 Å². The molecule has 1 heterocycles. The highest BCUT2D eigenvalue weighted by Crippen LogP contribution is 2.26. The van der Waals surface area contributed by atoms with Gasteiger partial charge in [0.15, 0.2) is 0 Å². The van der Waals surface area contributed by atoms with Gasteiger partial charge in [0.25, 0.3) is 0 Å². The average molecular weight is 224 g/mol. The number of hydrogen-bond acceptors (Lipinski definition) is 5. The van der Waals surface area contributed by atoms with Crippen LogP contribution in [0.1, 0.15) is 48.7 Å². The van der Waals surface area contributed by atoms with Gasteiger partial charge < -0.3 is 9.15 Å². The first-order valence-corrected chi connectivity index (χ1v) is 5.70. The van der Waals surface area contributed by atoms with Crippen LogP contribution in [0.25, 0.3) is 0 Å². The van der Waals surface area contributed by atoms with Crippen LogP contribution in [0.2, 0.25) is 0 Å². The molecule has 0 aromatic carbocycles. The van der Waals surface area contributed by atoms with Gasteiger partial charge in [-0.3, -0.25) is 0 Å². The SMILES string of the molecule is COC(=O)c1nnc(CC2CCCCC2)o1. The van der Waals surface area contributed by atoms with Crippen molar-refractivity contribution in [2.45, 2.75) is 38.5 Å². The van der Waals surface area contributed by atoms with Gasteiger partial charge in [-0.05, 0) is 18.8 Å². The molecule has 16 heavy (non-hydrogen) atoms. The highest BCUT2D eigenvalue weighted by molar-refractivity contribution is 5.83. The zero-order valence-electron chi connectivity index (χ0n) is 9.44. The molecule has 0 aliphatic heterocycles.